The maximum absolute atomic E-state index is 12.1. The van der Waals surface area contributed by atoms with Gasteiger partial charge in [0.2, 0.25) is 0 Å². The van der Waals surface area contributed by atoms with E-state index in [1.54, 1.807) is 0 Å². The molecule has 0 aromatic heterocycles. The van der Waals surface area contributed by atoms with E-state index in [4.69, 9.17) is 8.19 Å². The van der Waals surface area contributed by atoms with E-state index in [1.165, 1.54) is 0 Å². The molecule has 1 aromatic carbocycles. The Morgan fingerprint density at radius 2 is 1.60 bits per heavy atom. The van der Waals surface area contributed by atoms with Crippen molar-refractivity contribution >= 4 is 14.5 Å². The van der Waals surface area contributed by atoms with Crippen molar-refractivity contribution in [2.75, 3.05) is 0 Å². The van der Waals surface area contributed by atoms with Gasteiger partial charge in [-0.05, 0) is 0 Å². The summed E-state index contributed by atoms with van der Waals surface area (Å²) in [7, 11) is 0. The SMILES string of the molecule is O=[As](O)(O)Oc1ccc(C(F)(F)F)cc1. The van der Waals surface area contributed by atoms with Gasteiger partial charge in [0.05, 0.1) is 0 Å². The molecule has 0 bridgehead atoms. The normalized spacial score (nSPS) is 12.6. The van der Waals surface area contributed by atoms with Gasteiger partial charge >= 0.3 is 85.1 Å². The molecule has 0 saturated heterocycles. The van der Waals surface area contributed by atoms with Crippen LogP contribution in [0.2, 0.25) is 0 Å². The summed E-state index contributed by atoms with van der Waals surface area (Å²) in [6.45, 7) is 0. The average molecular weight is 286 g/mol. The molecule has 4 nitrogen and oxygen atoms in total. The number of benzene rings is 1. The Kier molecular flexibility index (Phi) is 3.18. The summed E-state index contributed by atoms with van der Waals surface area (Å²) in [5.74, 6) is -0.296. The summed E-state index contributed by atoms with van der Waals surface area (Å²) in [5, 5.41) is 0. The van der Waals surface area contributed by atoms with Crippen LogP contribution in [0.1, 0.15) is 5.56 Å². The van der Waals surface area contributed by atoms with Gasteiger partial charge in [-0.2, -0.15) is 0 Å². The minimum absolute atomic E-state index is 0.296. The predicted octanol–water partition coefficient (Wildman–Crippen LogP) is 0.935. The van der Waals surface area contributed by atoms with Gasteiger partial charge in [0.1, 0.15) is 0 Å². The predicted molar refractivity (Wildman–Crippen MR) is 43.0 cm³/mol. The average Bonchev–Trinajstić information content (AvgIpc) is 2.00. The summed E-state index contributed by atoms with van der Waals surface area (Å²) in [6.07, 6.45) is -4.48. The Labute approximate surface area is 85.6 Å². The molecular formula is C7H6AsF3O4. The molecule has 0 saturated carbocycles. The number of rotatable bonds is 2. The molecule has 0 radical (unpaired) electrons. The molecule has 8 heteroatoms. The van der Waals surface area contributed by atoms with Crippen molar-refractivity contribution in [3.63, 3.8) is 0 Å². The monoisotopic (exact) mass is 286 g/mol. The van der Waals surface area contributed by atoms with Crippen molar-refractivity contribution in [1.29, 1.82) is 0 Å². The second-order valence-corrected chi connectivity index (χ2v) is 5.05. The van der Waals surface area contributed by atoms with E-state index in [2.05, 4.69) is 3.73 Å². The number of hydrogen-bond donors (Lipinski definition) is 2. The minimum atomic E-state index is -5.31. The van der Waals surface area contributed by atoms with Gasteiger partial charge in [-0.25, -0.2) is 0 Å². The zero-order valence-electron chi connectivity index (χ0n) is 7.10. The molecule has 0 aliphatic carbocycles. The van der Waals surface area contributed by atoms with Crippen LogP contribution in [0.15, 0.2) is 24.3 Å². The van der Waals surface area contributed by atoms with E-state index >= 15 is 0 Å². The number of halogens is 3. The van der Waals surface area contributed by atoms with Gasteiger partial charge in [0.25, 0.3) is 0 Å². The van der Waals surface area contributed by atoms with Crippen molar-refractivity contribution in [2.45, 2.75) is 6.18 Å². The first kappa shape index (κ1) is 12.2. The van der Waals surface area contributed by atoms with Crippen molar-refractivity contribution < 1.29 is 28.8 Å². The zero-order chi connectivity index (χ0) is 11.7. The van der Waals surface area contributed by atoms with Crippen LogP contribution in [-0.4, -0.2) is 22.7 Å². The molecule has 1 rings (SSSR count). The Morgan fingerprint density at radius 3 is 1.93 bits per heavy atom. The molecule has 0 aliphatic rings. The van der Waals surface area contributed by atoms with E-state index in [9.17, 15) is 16.9 Å². The van der Waals surface area contributed by atoms with Gasteiger partial charge in [-0.3, -0.25) is 0 Å². The molecule has 0 fully saturated rings. The van der Waals surface area contributed by atoms with E-state index in [0.717, 1.165) is 12.1 Å². The van der Waals surface area contributed by atoms with Gasteiger partial charge in [0.15, 0.2) is 0 Å². The fraction of sp³-hybridized carbons (Fsp3) is 0.143. The van der Waals surface area contributed by atoms with Crippen LogP contribution in [0.25, 0.3) is 0 Å². The van der Waals surface area contributed by atoms with E-state index in [0.29, 0.717) is 12.1 Å². The van der Waals surface area contributed by atoms with Crippen molar-refractivity contribution in [2.24, 2.45) is 0 Å². The molecule has 0 spiro atoms. The molecular weight excluding hydrogens is 280 g/mol. The third kappa shape index (κ3) is 3.99. The van der Waals surface area contributed by atoms with Crippen LogP contribution < -0.4 is 3.73 Å². The Morgan fingerprint density at radius 1 is 1.13 bits per heavy atom. The fourth-order valence-electron chi connectivity index (χ4n) is 0.842. The standard InChI is InChI=1S/C7H6AsF3O4/c9-7(10,11)5-1-3-6(4-2-5)15-8(12,13)14/h1-4H,(H2,12,13,14). The Hall–Kier alpha value is -0.912. The quantitative estimate of drug-likeness (QED) is 0.794. The first-order chi connectivity index (χ1) is 6.68. The summed E-state index contributed by atoms with van der Waals surface area (Å²) in [4.78, 5) is 0. The first-order valence-electron chi connectivity index (χ1n) is 3.61. The molecule has 1 aromatic rings. The Balaban J connectivity index is 2.87. The van der Waals surface area contributed by atoms with E-state index in [1.807, 2.05) is 0 Å². The summed E-state index contributed by atoms with van der Waals surface area (Å²) in [5.41, 5.74) is -0.909. The zero-order valence-corrected chi connectivity index (χ0v) is 8.98. The van der Waals surface area contributed by atoms with Crippen LogP contribution in [0, 0.1) is 0 Å². The number of alkyl halides is 3. The molecule has 2 N–H and O–H groups in total. The molecule has 0 aliphatic heterocycles. The molecule has 15 heavy (non-hydrogen) atoms. The molecule has 0 atom stereocenters. The molecule has 0 unspecified atom stereocenters. The van der Waals surface area contributed by atoms with Gasteiger partial charge in [-0.15, -0.1) is 0 Å². The third-order valence-electron chi connectivity index (χ3n) is 1.41. The van der Waals surface area contributed by atoms with Crippen LogP contribution in [0.4, 0.5) is 13.2 Å². The van der Waals surface area contributed by atoms with Crippen LogP contribution in [0.3, 0.4) is 0 Å². The number of hydrogen-bond acceptors (Lipinski definition) is 2. The molecule has 0 heterocycles. The van der Waals surface area contributed by atoms with Crippen molar-refractivity contribution in [3.8, 4) is 5.75 Å². The summed E-state index contributed by atoms with van der Waals surface area (Å²) in [6, 6.07) is 3.06. The molecule has 0 amide bonds. The summed E-state index contributed by atoms with van der Waals surface area (Å²) < 4.78 is 67.6. The maximum atomic E-state index is 12.1. The van der Waals surface area contributed by atoms with Crippen LogP contribution >= 0.6 is 0 Å². The van der Waals surface area contributed by atoms with E-state index < -0.39 is 26.3 Å². The van der Waals surface area contributed by atoms with Crippen LogP contribution in [-0.2, 0) is 9.92 Å². The van der Waals surface area contributed by atoms with Crippen molar-refractivity contribution in [3.05, 3.63) is 29.8 Å². The van der Waals surface area contributed by atoms with Gasteiger partial charge in [-0.1, -0.05) is 0 Å². The Bertz CT molecular complexity index is 380. The summed E-state index contributed by atoms with van der Waals surface area (Å²) >= 11 is -5.31. The molecule has 84 valence electrons. The van der Waals surface area contributed by atoms with Crippen molar-refractivity contribution in [1.82, 2.24) is 0 Å². The van der Waals surface area contributed by atoms with Gasteiger partial charge in [0, 0.05) is 0 Å². The van der Waals surface area contributed by atoms with Gasteiger partial charge < -0.3 is 0 Å². The second kappa shape index (κ2) is 3.92. The first-order valence-corrected chi connectivity index (χ1v) is 6.82. The van der Waals surface area contributed by atoms with E-state index in [-0.39, 0.29) is 5.75 Å². The third-order valence-corrected chi connectivity index (χ3v) is 2.35. The van der Waals surface area contributed by atoms with Crippen LogP contribution in [0.5, 0.6) is 5.75 Å². The topological polar surface area (TPSA) is 66.8 Å². The second-order valence-electron chi connectivity index (χ2n) is 2.60. The fourth-order valence-corrected chi connectivity index (χ4v) is 1.67.